The van der Waals surface area contributed by atoms with Gasteiger partial charge in [0, 0.05) is 6.54 Å². The molecule has 1 rings (SSSR count). The van der Waals surface area contributed by atoms with Crippen molar-refractivity contribution in [3.63, 3.8) is 0 Å². The maximum atomic E-state index is 3.57. The molecule has 0 heterocycles. The number of hydrogen-bond acceptors (Lipinski definition) is 2. The second-order valence-corrected chi connectivity index (χ2v) is 5.98. The number of benzene rings is 1. The molecule has 0 aliphatic carbocycles. The zero-order valence-corrected chi connectivity index (χ0v) is 12.6. The molecule has 2 heteroatoms. The Hall–Kier alpha value is -0.470. The summed E-state index contributed by atoms with van der Waals surface area (Å²) in [6, 6.07) is 4.55. The van der Waals surface area contributed by atoms with Crippen molar-refractivity contribution in [2.75, 3.05) is 18.6 Å². The predicted octanol–water partition coefficient (Wildman–Crippen LogP) is 3.70. The van der Waals surface area contributed by atoms with Gasteiger partial charge in [-0.05, 0) is 61.9 Å². The van der Waals surface area contributed by atoms with Crippen molar-refractivity contribution in [2.45, 2.75) is 34.2 Å². The van der Waals surface area contributed by atoms with Gasteiger partial charge in [-0.1, -0.05) is 24.6 Å². The van der Waals surface area contributed by atoms with Gasteiger partial charge in [0.15, 0.2) is 0 Å². The maximum Gasteiger partial charge on any atom is 0.0210 e. The molecule has 0 bridgehead atoms. The van der Waals surface area contributed by atoms with Gasteiger partial charge in [0.25, 0.3) is 0 Å². The summed E-state index contributed by atoms with van der Waals surface area (Å²) in [5, 5.41) is 3.57. The van der Waals surface area contributed by atoms with Gasteiger partial charge in [0.05, 0.1) is 0 Å². The zero-order chi connectivity index (χ0) is 12.8. The first kappa shape index (κ1) is 14.6. The van der Waals surface area contributed by atoms with Crippen LogP contribution in [-0.2, 0) is 6.54 Å². The van der Waals surface area contributed by atoms with Crippen molar-refractivity contribution >= 4 is 11.8 Å². The van der Waals surface area contributed by atoms with Crippen LogP contribution in [0.25, 0.3) is 0 Å². The molecular formula is C15H25NS. The topological polar surface area (TPSA) is 12.0 Å². The van der Waals surface area contributed by atoms with Crippen molar-refractivity contribution in [1.82, 2.24) is 5.32 Å². The average molecular weight is 251 g/mol. The van der Waals surface area contributed by atoms with Crippen molar-refractivity contribution in [3.8, 4) is 0 Å². The molecule has 0 amide bonds. The van der Waals surface area contributed by atoms with Crippen LogP contribution in [0.5, 0.6) is 0 Å². The van der Waals surface area contributed by atoms with Gasteiger partial charge in [-0.2, -0.15) is 11.8 Å². The highest BCUT2D eigenvalue weighted by atomic mass is 32.2. The van der Waals surface area contributed by atoms with Crippen LogP contribution in [0, 0.1) is 26.7 Å². The fourth-order valence-electron chi connectivity index (χ4n) is 2.28. The Morgan fingerprint density at radius 1 is 1.18 bits per heavy atom. The monoisotopic (exact) mass is 251 g/mol. The van der Waals surface area contributed by atoms with Crippen molar-refractivity contribution in [3.05, 3.63) is 34.4 Å². The molecule has 1 aromatic rings. The molecule has 0 saturated heterocycles. The molecule has 0 spiro atoms. The lowest BCUT2D eigenvalue weighted by atomic mass is 10.00. The minimum Gasteiger partial charge on any atom is -0.312 e. The molecular weight excluding hydrogens is 226 g/mol. The summed E-state index contributed by atoms with van der Waals surface area (Å²) in [6.07, 6.45) is 2.17. The van der Waals surface area contributed by atoms with E-state index in [0.29, 0.717) is 0 Å². The van der Waals surface area contributed by atoms with E-state index in [9.17, 15) is 0 Å². The van der Waals surface area contributed by atoms with Crippen LogP contribution in [0.1, 0.15) is 29.2 Å². The smallest absolute Gasteiger partial charge is 0.0210 e. The van der Waals surface area contributed by atoms with E-state index in [0.717, 1.165) is 19.0 Å². The minimum atomic E-state index is 0.746. The molecule has 0 aromatic heterocycles. The van der Waals surface area contributed by atoms with E-state index in [1.807, 2.05) is 11.8 Å². The SMILES string of the molecule is CSCC(C)CNCc1c(C)cc(C)cc1C. The van der Waals surface area contributed by atoms with Gasteiger partial charge >= 0.3 is 0 Å². The number of thioether (sulfide) groups is 1. The molecule has 0 saturated carbocycles. The highest BCUT2D eigenvalue weighted by Crippen LogP contribution is 2.16. The van der Waals surface area contributed by atoms with Crippen LogP contribution < -0.4 is 5.32 Å². The van der Waals surface area contributed by atoms with Crippen LogP contribution in [0.3, 0.4) is 0 Å². The summed E-state index contributed by atoms with van der Waals surface area (Å²) in [6.45, 7) is 11.0. The van der Waals surface area contributed by atoms with E-state index >= 15 is 0 Å². The molecule has 17 heavy (non-hydrogen) atoms. The molecule has 1 unspecified atom stereocenters. The van der Waals surface area contributed by atoms with Gasteiger partial charge in [-0.3, -0.25) is 0 Å². The highest BCUT2D eigenvalue weighted by Gasteiger charge is 2.05. The summed E-state index contributed by atoms with van der Waals surface area (Å²) >= 11 is 1.92. The van der Waals surface area contributed by atoms with Crippen LogP contribution in [0.2, 0.25) is 0 Å². The number of rotatable bonds is 6. The van der Waals surface area contributed by atoms with Crippen LogP contribution in [0.4, 0.5) is 0 Å². The van der Waals surface area contributed by atoms with E-state index in [1.54, 1.807) is 0 Å². The van der Waals surface area contributed by atoms with Crippen LogP contribution >= 0.6 is 11.8 Å². The Kier molecular flexibility index (Phi) is 6.07. The van der Waals surface area contributed by atoms with Crippen molar-refractivity contribution in [1.29, 1.82) is 0 Å². The molecule has 1 atom stereocenters. The third-order valence-electron chi connectivity index (χ3n) is 3.09. The molecule has 1 aromatic carbocycles. The van der Waals surface area contributed by atoms with Gasteiger partial charge in [-0.25, -0.2) is 0 Å². The van der Waals surface area contributed by atoms with E-state index in [-0.39, 0.29) is 0 Å². The summed E-state index contributed by atoms with van der Waals surface area (Å²) in [5.74, 6) is 1.98. The number of aryl methyl sites for hydroxylation is 3. The number of nitrogens with one attached hydrogen (secondary N) is 1. The molecule has 0 fully saturated rings. The summed E-state index contributed by atoms with van der Waals surface area (Å²) in [5.41, 5.74) is 5.64. The zero-order valence-electron chi connectivity index (χ0n) is 11.8. The summed E-state index contributed by atoms with van der Waals surface area (Å²) in [4.78, 5) is 0. The molecule has 0 aliphatic heterocycles. The van der Waals surface area contributed by atoms with Gasteiger partial charge < -0.3 is 5.32 Å². The normalized spacial score (nSPS) is 12.8. The summed E-state index contributed by atoms with van der Waals surface area (Å²) < 4.78 is 0. The third kappa shape index (κ3) is 4.72. The van der Waals surface area contributed by atoms with Crippen molar-refractivity contribution < 1.29 is 0 Å². The maximum absolute atomic E-state index is 3.57. The van der Waals surface area contributed by atoms with Crippen molar-refractivity contribution in [2.24, 2.45) is 5.92 Å². The Bertz CT molecular complexity index is 337. The Labute approximate surface area is 110 Å². The van der Waals surface area contributed by atoms with E-state index in [4.69, 9.17) is 0 Å². The quantitative estimate of drug-likeness (QED) is 0.827. The first-order valence-electron chi connectivity index (χ1n) is 6.31. The fraction of sp³-hybridized carbons (Fsp3) is 0.600. The minimum absolute atomic E-state index is 0.746. The Morgan fingerprint density at radius 2 is 1.76 bits per heavy atom. The molecule has 1 nitrogen and oxygen atoms in total. The first-order valence-corrected chi connectivity index (χ1v) is 7.70. The molecule has 0 aliphatic rings. The van der Waals surface area contributed by atoms with Gasteiger partial charge in [-0.15, -0.1) is 0 Å². The predicted molar refractivity (Wildman–Crippen MR) is 79.9 cm³/mol. The van der Waals surface area contributed by atoms with Gasteiger partial charge in [0.1, 0.15) is 0 Å². The summed E-state index contributed by atoms with van der Waals surface area (Å²) in [7, 11) is 0. The standard InChI is InChI=1S/C15H25NS/c1-11-6-13(3)15(14(4)7-11)9-16-8-12(2)10-17-5/h6-7,12,16H,8-10H2,1-5H3. The molecule has 1 N–H and O–H groups in total. The molecule has 0 radical (unpaired) electrons. The van der Waals surface area contributed by atoms with E-state index < -0.39 is 0 Å². The largest absolute Gasteiger partial charge is 0.312 e. The fourth-order valence-corrected chi connectivity index (χ4v) is 2.96. The highest BCUT2D eigenvalue weighted by molar-refractivity contribution is 7.98. The van der Waals surface area contributed by atoms with Crippen LogP contribution in [-0.4, -0.2) is 18.6 Å². The van der Waals surface area contributed by atoms with Crippen LogP contribution in [0.15, 0.2) is 12.1 Å². The van der Waals surface area contributed by atoms with E-state index in [2.05, 4.69) is 51.4 Å². The van der Waals surface area contributed by atoms with Gasteiger partial charge in [0.2, 0.25) is 0 Å². The lowest BCUT2D eigenvalue weighted by molar-refractivity contribution is 0.557. The average Bonchev–Trinajstić information content (AvgIpc) is 2.22. The Morgan fingerprint density at radius 3 is 2.29 bits per heavy atom. The first-order chi connectivity index (χ1) is 8.04. The molecule has 96 valence electrons. The Balaban J connectivity index is 2.52. The second-order valence-electron chi connectivity index (χ2n) is 5.07. The number of hydrogen-bond donors (Lipinski definition) is 1. The lowest BCUT2D eigenvalue weighted by Crippen LogP contribution is -2.22. The second kappa shape index (κ2) is 7.07. The third-order valence-corrected chi connectivity index (χ3v) is 3.99. The van der Waals surface area contributed by atoms with E-state index in [1.165, 1.54) is 28.0 Å². The lowest BCUT2D eigenvalue weighted by Gasteiger charge is -2.15.